The highest BCUT2D eigenvalue weighted by Gasteiger charge is 2.43. The minimum Gasteiger partial charge on any atom is -0.367 e. The Labute approximate surface area is 159 Å². The first-order valence-electron chi connectivity index (χ1n) is 9.47. The number of aromatic nitrogens is 3. The van der Waals surface area contributed by atoms with Gasteiger partial charge in [-0.1, -0.05) is 24.3 Å². The summed E-state index contributed by atoms with van der Waals surface area (Å²) in [5.74, 6) is 1.69. The molecular formula is C22H22N4O. The molecule has 0 amide bonds. The number of fused-ring (bicyclic) bond motifs is 2. The van der Waals surface area contributed by atoms with Gasteiger partial charge in [0.15, 0.2) is 5.82 Å². The van der Waals surface area contributed by atoms with E-state index >= 15 is 0 Å². The summed E-state index contributed by atoms with van der Waals surface area (Å²) >= 11 is 0. The summed E-state index contributed by atoms with van der Waals surface area (Å²) in [6.07, 6.45) is 5.69. The molecule has 5 heteroatoms. The summed E-state index contributed by atoms with van der Waals surface area (Å²) in [7, 11) is 0. The summed E-state index contributed by atoms with van der Waals surface area (Å²) in [4.78, 5) is 16.0. The van der Waals surface area contributed by atoms with Crippen molar-refractivity contribution in [3.8, 4) is 11.4 Å². The normalized spacial score (nSPS) is 21.4. The lowest BCUT2D eigenvalue weighted by molar-refractivity contribution is -0.0594. The minimum atomic E-state index is -0.220. The van der Waals surface area contributed by atoms with Crippen LogP contribution in [0.4, 0.5) is 5.82 Å². The second-order valence-corrected chi connectivity index (χ2v) is 7.35. The zero-order valence-electron chi connectivity index (χ0n) is 15.4. The van der Waals surface area contributed by atoms with Crippen molar-refractivity contribution in [3.05, 3.63) is 71.7 Å². The lowest BCUT2D eigenvalue weighted by Crippen LogP contribution is -2.49. The third-order valence-electron chi connectivity index (χ3n) is 5.58. The molecule has 0 bridgehead atoms. The number of ether oxygens (including phenoxy) is 1. The Kier molecular flexibility index (Phi) is 3.90. The highest BCUT2D eigenvalue weighted by molar-refractivity contribution is 5.57. The summed E-state index contributed by atoms with van der Waals surface area (Å²) in [6, 6.07) is 14.7. The molecule has 2 aliphatic rings. The van der Waals surface area contributed by atoms with Crippen molar-refractivity contribution in [3.63, 3.8) is 0 Å². The monoisotopic (exact) mass is 358 g/mol. The van der Waals surface area contributed by atoms with E-state index in [1.165, 1.54) is 11.1 Å². The van der Waals surface area contributed by atoms with Crippen LogP contribution < -0.4 is 4.90 Å². The van der Waals surface area contributed by atoms with E-state index in [1.54, 1.807) is 6.20 Å². The Hall–Kier alpha value is -2.79. The molecular weight excluding hydrogens is 336 g/mol. The van der Waals surface area contributed by atoms with Gasteiger partial charge in [-0.3, -0.25) is 4.98 Å². The van der Waals surface area contributed by atoms with Gasteiger partial charge in [-0.05, 0) is 43.0 Å². The Bertz CT molecular complexity index is 971. The zero-order chi connectivity index (χ0) is 18.3. The van der Waals surface area contributed by atoms with Gasteiger partial charge in [0.1, 0.15) is 11.4 Å². The fraction of sp³-hybridized carbons (Fsp3) is 0.318. The van der Waals surface area contributed by atoms with Crippen LogP contribution in [0.5, 0.6) is 0 Å². The maximum absolute atomic E-state index is 6.35. The first-order valence-corrected chi connectivity index (χ1v) is 9.47. The Morgan fingerprint density at radius 1 is 1.11 bits per heavy atom. The van der Waals surface area contributed by atoms with E-state index in [0.717, 1.165) is 48.8 Å². The van der Waals surface area contributed by atoms with Crippen LogP contribution in [-0.4, -0.2) is 34.6 Å². The molecule has 1 aromatic carbocycles. The van der Waals surface area contributed by atoms with Crippen molar-refractivity contribution in [2.75, 3.05) is 24.6 Å². The smallest absolute Gasteiger partial charge is 0.163 e. The molecule has 1 fully saturated rings. The molecule has 0 N–H and O–H groups in total. The number of nitrogens with zero attached hydrogens (tertiary/aromatic N) is 4. The van der Waals surface area contributed by atoms with Crippen LogP contribution in [0.15, 0.2) is 54.9 Å². The number of benzene rings is 1. The predicted molar refractivity (Wildman–Crippen MR) is 105 cm³/mol. The van der Waals surface area contributed by atoms with Crippen LogP contribution in [0.25, 0.3) is 11.4 Å². The number of aryl methyl sites for hydroxylation is 2. The van der Waals surface area contributed by atoms with Crippen molar-refractivity contribution in [2.24, 2.45) is 0 Å². The maximum atomic E-state index is 6.35. The van der Waals surface area contributed by atoms with E-state index in [1.807, 2.05) is 25.3 Å². The maximum Gasteiger partial charge on any atom is 0.163 e. The van der Waals surface area contributed by atoms with Gasteiger partial charge in [0.2, 0.25) is 0 Å². The van der Waals surface area contributed by atoms with Gasteiger partial charge >= 0.3 is 0 Å². The van der Waals surface area contributed by atoms with E-state index in [-0.39, 0.29) is 5.60 Å². The van der Waals surface area contributed by atoms with Gasteiger partial charge in [-0.25, -0.2) is 9.97 Å². The van der Waals surface area contributed by atoms with E-state index in [9.17, 15) is 0 Å². The Morgan fingerprint density at radius 2 is 2.04 bits per heavy atom. The van der Waals surface area contributed by atoms with Crippen molar-refractivity contribution >= 4 is 5.82 Å². The number of morpholine rings is 1. The standard InChI is InChI=1S/C22H22N4O/c1-16-13-20(25-21(24-16)18-6-4-10-23-14-18)26-11-12-27-22(15-26)9-8-17-5-2-3-7-19(17)22/h2-7,10,13-14H,8-9,11-12,15H2,1H3. The fourth-order valence-corrected chi connectivity index (χ4v) is 4.29. The Balaban J connectivity index is 1.50. The van der Waals surface area contributed by atoms with Crippen LogP contribution in [0, 0.1) is 6.92 Å². The second kappa shape index (κ2) is 6.43. The van der Waals surface area contributed by atoms with Gasteiger partial charge in [0, 0.05) is 36.3 Å². The number of anilines is 1. The van der Waals surface area contributed by atoms with Crippen LogP contribution in [0.3, 0.4) is 0 Å². The molecule has 1 saturated heterocycles. The number of hydrogen-bond acceptors (Lipinski definition) is 5. The highest BCUT2D eigenvalue weighted by atomic mass is 16.5. The average Bonchev–Trinajstić information content (AvgIpc) is 3.06. The van der Waals surface area contributed by atoms with Gasteiger partial charge in [-0.15, -0.1) is 0 Å². The van der Waals surface area contributed by atoms with Crippen molar-refractivity contribution in [2.45, 2.75) is 25.4 Å². The molecule has 2 aromatic heterocycles. The first-order chi connectivity index (χ1) is 13.2. The molecule has 1 unspecified atom stereocenters. The Morgan fingerprint density at radius 3 is 2.93 bits per heavy atom. The molecule has 3 aromatic rings. The minimum absolute atomic E-state index is 0.220. The zero-order valence-corrected chi connectivity index (χ0v) is 15.4. The lowest BCUT2D eigenvalue weighted by Gasteiger charge is -2.41. The van der Waals surface area contributed by atoms with Crippen molar-refractivity contribution < 1.29 is 4.74 Å². The largest absolute Gasteiger partial charge is 0.367 e. The molecule has 1 aliphatic heterocycles. The molecule has 0 radical (unpaired) electrons. The molecule has 3 heterocycles. The van der Waals surface area contributed by atoms with Gasteiger partial charge in [-0.2, -0.15) is 0 Å². The third kappa shape index (κ3) is 2.88. The summed E-state index contributed by atoms with van der Waals surface area (Å²) in [6.45, 7) is 4.39. The quantitative estimate of drug-likeness (QED) is 0.701. The van der Waals surface area contributed by atoms with Gasteiger partial charge in [0.05, 0.1) is 13.2 Å². The van der Waals surface area contributed by atoms with E-state index in [0.29, 0.717) is 6.61 Å². The van der Waals surface area contributed by atoms with Crippen LogP contribution in [0.1, 0.15) is 23.2 Å². The van der Waals surface area contributed by atoms with Gasteiger partial charge < -0.3 is 9.64 Å². The van der Waals surface area contributed by atoms with E-state index < -0.39 is 0 Å². The molecule has 136 valence electrons. The van der Waals surface area contributed by atoms with Crippen LogP contribution in [0.2, 0.25) is 0 Å². The van der Waals surface area contributed by atoms with Gasteiger partial charge in [0.25, 0.3) is 0 Å². The second-order valence-electron chi connectivity index (χ2n) is 7.35. The molecule has 5 nitrogen and oxygen atoms in total. The summed E-state index contributed by atoms with van der Waals surface area (Å²) in [5.41, 5.74) is 4.44. The SMILES string of the molecule is Cc1cc(N2CCOC3(CCc4ccccc43)C2)nc(-c2cccnc2)n1. The van der Waals surface area contributed by atoms with Crippen LogP contribution in [-0.2, 0) is 16.8 Å². The molecule has 1 spiro atoms. The summed E-state index contributed by atoms with van der Waals surface area (Å²) in [5, 5.41) is 0. The van der Waals surface area contributed by atoms with E-state index in [2.05, 4.69) is 45.2 Å². The number of pyridine rings is 1. The molecule has 0 saturated carbocycles. The number of hydrogen-bond donors (Lipinski definition) is 0. The topological polar surface area (TPSA) is 51.1 Å². The fourth-order valence-electron chi connectivity index (χ4n) is 4.29. The van der Waals surface area contributed by atoms with Crippen molar-refractivity contribution in [1.29, 1.82) is 0 Å². The lowest BCUT2D eigenvalue weighted by atomic mass is 9.93. The molecule has 5 rings (SSSR count). The molecule has 1 atom stereocenters. The van der Waals surface area contributed by atoms with E-state index in [4.69, 9.17) is 9.72 Å². The van der Waals surface area contributed by atoms with Crippen molar-refractivity contribution in [1.82, 2.24) is 15.0 Å². The van der Waals surface area contributed by atoms with Crippen LogP contribution >= 0.6 is 0 Å². The molecule has 1 aliphatic carbocycles. The highest BCUT2D eigenvalue weighted by Crippen LogP contribution is 2.42. The first kappa shape index (κ1) is 16.4. The third-order valence-corrected chi connectivity index (χ3v) is 5.58. The summed E-state index contributed by atoms with van der Waals surface area (Å²) < 4.78 is 6.35. The predicted octanol–water partition coefficient (Wildman–Crippen LogP) is 3.53. The molecule has 27 heavy (non-hydrogen) atoms. The average molecular weight is 358 g/mol. The number of rotatable bonds is 2.